The van der Waals surface area contributed by atoms with E-state index in [0.29, 0.717) is 18.8 Å². The van der Waals surface area contributed by atoms with Crippen LogP contribution in [-0.4, -0.2) is 128 Å². The predicted octanol–water partition coefficient (Wildman–Crippen LogP) is 3.03. The Morgan fingerprint density at radius 3 is 2.10 bits per heavy atom. The zero-order chi connectivity index (χ0) is 42.5. The van der Waals surface area contributed by atoms with E-state index in [-0.39, 0.29) is 45.0 Å². The Kier molecular flexibility index (Phi) is 11.7. The number of allylic oxidation sites excluding steroid dienone is 2. The third-order valence-electron chi connectivity index (χ3n) is 17.6. The number of carbonyl (C=O) groups is 2. The third kappa shape index (κ3) is 6.82. The number of amides is 1. The monoisotopic (exact) mass is 821 g/mol. The molecule has 0 aromatic carbocycles. The van der Waals surface area contributed by atoms with Crippen LogP contribution >= 0.6 is 0 Å². The van der Waals surface area contributed by atoms with Crippen molar-refractivity contribution in [2.24, 2.45) is 50.2 Å². The molecule has 7 rings (SSSR count). The van der Waals surface area contributed by atoms with Crippen molar-refractivity contribution in [1.29, 1.82) is 0 Å². The van der Waals surface area contributed by atoms with E-state index in [2.05, 4.69) is 59.9 Å². The van der Waals surface area contributed by atoms with E-state index >= 15 is 0 Å². The van der Waals surface area contributed by atoms with Crippen LogP contribution in [0.3, 0.4) is 0 Å². The lowest BCUT2D eigenvalue weighted by atomic mass is 9.33. The van der Waals surface area contributed by atoms with E-state index in [1.807, 2.05) is 0 Å². The van der Waals surface area contributed by atoms with Crippen molar-refractivity contribution in [2.75, 3.05) is 13.2 Å². The molecular weight excluding hydrogens is 750 g/mol. The molecule has 2 heterocycles. The van der Waals surface area contributed by atoms with Crippen LogP contribution in [0.4, 0.5) is 0 Å². The molecule has 5 aliphatic carbocycles. The quantitative estimate of drug-likeness (QED) is 0.130. The van der Waals surface area contributed by atoms with Gasteiger partial charge in [0, 0.05) is 6.92 Å². The van der Waals surface area contributed by atoms with E-state index in [4.69, 9.17) is 18.9 Å². The van der Waals surface area contributed by atoms with E-state index in [1.54, 1.807) is 0 Å². The summed E-state index contributed by atoms with van der Waals surface area (Å²) in [5.74, 6) is -0.389. The molecule has 0 unspecified atom stereocenters. The number of ether oxygens (including phenoxy) is 4. The predicted molar refractivity (Wildman–Crippen MR) is 210 cm³/mol. The van der Waals surface area contributed by atoms with Gasteiger partial charge in [-0.3, -0.25) is 9.59 Å². The molecule has 18 atom stereocenters. The Labute approximate surface area is 343 Å². The zero-order valence-corrected chi connectivity index (χ0v) is 35.7. The van der Waals surface area contributed by atoms with E-state index in [9.17, 15) is 45.3 Å². The number of carbonyl (C=O) groups excluding carboxylic acids is 1. The molecule has 2 saturated heterocycles. The number of aliphatic hydroxyl groups is 6. The molecule has 6 fully saturated rings. The van der Waals surface area contributed by atoms with Crippen molar-refractivity contribution >= 4 is 11.9 Å². The molecule has 2 aliphatic heterocycles. The Bertz CT molecular complexity index is 1600. The number of fused-ring (bicyclic) bond motifs is 7. The minimum atomic E-state index is -1.66. The maximum absolute atomic E-state index is 13.1. The highest BCUT2D eigenvalue weighted by Crippen LogP contribution is 2.76. The van der Waals surface area contributed by atoms with Crippen LogP contribution in [-0.2, 0) is 28.5 Å². The number of hydrogen-bond donors (Lipinski definition) is 8. The van der Waals surface area contributed by atoms with Crippen LogP contribution in [0.5, 0.6) is 0 Å². The van der Waals surface area contributed by atoms with Crippen LogP contribution in [0, 0.1) is 50.2 Å². The van der Waals surface area contributed by atoms with Crippen molar-refractivity contribution < 1.29 is 64.3 Å². The topological polar surface area (TPSA) is 225 Å². The summed E-state index contributed by atoms with van der Waals surface area (Å²) in [5, 5.41) is 76.6. The highest BCUT2D eigenvalue weighted by molar-refractivity contribution is 5.76. The van der Waals surface area contributed by atoms with Crippen molar-refractivity contribution in [3.63, 3.8) is 0 Å². The lowest BCUT2D eigenvalue weighted by Gasteiger charge is -2.71. The Morgan fingerprint density at radius 1 is 0.793 bits per heavy atom. The van der Waals surface area contributed by atoms with Crippen LogP contribution in [0.2, 0.25) is 0 Å². The van der Waals surface area contributed by atoms with Gasteiger partial charge in [-0.15, -0.1) is 0 Å². The van der Waals surface area contributed by atoms with Gasteiger partial charge in [0.2, 0.25) is 5.91 Å². The van der Waals surface area contributed by atoms with Crippen LogP contribution in [0.25, 0.3) is 0 Å². The van der Waals surface area contributed by atoms with Gasteiger partial charge in [-0.1, -0.05) is 60.1 Å². The van der Waals surface area contributed by atoms with Crippen molar-refractivity contribution in [1.82, 2.24) is 5.32 Å². The molecule has 0 aromatic rings. The lowest BCUT2D eigenvalue weighted by Crippen LogP contribution is -2.67. The van der Waals surface area contributed by atoms with Gasteiger partial charge < -0.3 is 60.0 Å². The second-order valence-electron chi connectivity index (χ2n) is 21.4. The first-order valence-electron chi connectivity index (χ1n) is 21.8. The van der Waals surface area contributed by atoms with Gasteiger partial charge >= 0.3 is 5.97 Å². The van der Waals surface area contributed by atoms with Gasteiger partial charge in [0.05, 0.1) is 24.7 Å². The van der Waals surface area contributed by atoms with E-state index < -0.39 is 91.9 Å². The van der Waals surface area contributed by atoms with Gasteiger partial charge in [-0.05, 0) is 109 Å². The summed E-state index contributed by atoms with van der Waals surface area (Å²) in [6, 6.07) is -1.11. The molecule has 0 spiro atoms. The summed E-state index contributed by atoms with van der Waals surface area (Å²) >= 11 is 0. The van der Waals surface area contributed by atoms with Gasteiger partial charge in [0.1, 0.15) is 48.8 Å². The number of aliphatic hydroxyl groups excluding tert-OH is 6. The number of nitrogens with one attached hydrogen (secondary N) is 1. The zero-order valence-electron chi connectivity index (χ0n) is 35.7. The largest absolute Gasteiger partial charge is 0.481 e. The lowest BCUT2D eigenvalue weighted by molar-refractivity contribution is -0.331. The molecule has 1 amide bonds. The number of carboxylic acids is 1. The Hall–Kier alpha value is -1.72. The number of aliphatic carboxylic acids is 1. The summed E-state index contributed by atoms with van der Waals surface area (Å²) < 4.78 is 24.3. The number of carboxylic acid groups (broad SMARTS) is 1. The highest BCUT2D eigenvalue weighted by Gasteiger charge is 2.69. The van der Waals surface area contributed by atoms with Gasteiger partial charge in [0.15, 0.2) is 12.6 Å². The molecule has 7 aliphatic rings. The molecule has 4 saturated carbocycles. The standard InChI is InChI=1S/C44H71NO13/c1-22(47)45-30-33(50)32(49)26(21-55-37-35(52)34(51)31(48)25(20-46)56-37)57-36(30)58-29-12-13-41(6)27(40(29,4)5)11-14-43(8)28(41)10-9-23-24-19-39(2,3)15-17-44(24,38(53)54)18-16-42(23,43)7/h9,24-37,46,48-52H,10-21H2,1-8H3,(H,45,47)(H,53,54)/t24-,25+,26+,27+,28+,29-,30+,31+,32+,33+,34-,35+,36-,37+,41-,42+,43+,44-/m0/s1. The summed E-state index contributed by atoms with van der Waals surface area (Å²) in [7, 11) is 0. The maximum atomic E-state index is 13.1. The molecule has 14 nitrogen and oxygen atoms in total. The Morgan fingerprint density at radius 2 is 1.45 bits per heavy atom. The third-order valence-corrected chi connectivity index (χ3v) is 17.6. The molecule has 0 radical (unpaired) electrons. The highest BCUT2D eigenvalue weighted by atomic mass is 16.7. The maximum Gasteiger partial charge on any atom is 0.310 e. The first-order chi connectivity index (χ1) is 27.0. The van der Waals surface area contributed by atoms with Gasteiger partial charge in [-0.2, -0.15) is 0 Å². The summed E-state index contributed by atoms with van der Waals surface area (Å²) in [6.45, 7) is 16.7. The van der Waals surface area contributed by atoms with Crippen molar-refractivity contribution in [3.8, 4) is 0 Å². The van der Waals surface area contributed by atoms with Crippen molar-refractivity contribution in [3.05, 3.63) is 11.6 Å². The fourth-order valence-electron chi connectivity index (χ4n) is 14.0. The average molecular weight is 822 g/mol. The molecule has 330 valence electrons. The fourth-order valence-corrected chi connectivity index (χ4v) is 14.0. The Balaban J connectivity index is 1.11. The number of rotatable bonds is 8. The first-order valence-corrected chi connectivity index (χ1v) is 21.8. The van der Waals surface area contributed by atoms with Gasteiger partial charge in [0.25, 0.3) is 0 Å². The van der Waals surface area contributed by atoms with Crippen molar-refractivity contribution in [2.45, 2.75) is 187 Å². The second kappa shape index (κ2) is 15.3. The van der Waals surface area contributed by atoms with E-state index in [0.717, 1.165) is 51.4 Å². The average Bonchev–Trinajstić information content (AvgIpc) is 3.14. The molecule has 0 aromatic heterocycles. The fraction of sp³-hybridized carbons (Fsp3) is 0.909. The summed E-state index contributed by atoms with van der Waals surface area (Å²) in [6.07, 6.45) is -2.20. The molecule has 14 heteroatoms. The summed E-state index contributed by atoms with van der Waals surface area (Å²) in [5.41, 5.74) is 0.267. The van der Waals surface area contributed by atoms with Crippen LogP contribution in [0.15, 0.2) is 11.6 Å². The normalized spacial score (nSPS) is 50.9. The molecular formula is C44H71NO13. The van der Waals surface area contributed by atoms with Crippen LogP contribution in [0.1, 0.15) is 120 Å². The smallest absolute Gasteiger partial charge is 0.310 e. The summed E-state index contributed by atoms with van der Waals surface area (Å²) in [4.78, 5) is 25.5. The molecule has 8 N–H and O–H groups in total. The first kappa shape index (κ1) is 44.3. The minimum absolute atomic E-state index is 0.0181. The van der Waals surface area contributed by atoms with E-state index in [1.165, 1.54) is 12.5 Å². The SMILES string of the molecule is CC(=O)N[C@H]1[C@H](O[C@H]2CC[C@@]3(C)[C@H](CC[C@]4(C)[C@@H]3CC=C3[C@@H]5CC(C)(C)CC[C@]5(C(=O)O)CC[C@]34C)C2(C)C)O[C@H](CO[C@@H]2O[C@H](CO)[C@@H](O)[C@H](O)[C@H]2O)[C@@H](O)[C@@H]1O. The number of hydrogen-bond acceptors (Lipinski definition) is 12. The minimum Gasteiger partial charge on any atom is -0.481 e. The van der Waals surface area contributed by atoms with Gasteiger partial charge in [-0.25, -0.2) is 0 Å². The van der Waals surface area contributed by atoms with Crippen LogP contribution < -0.4 is 5.32 Å². The molecule has 0 bridgehead atoms. The second-order valence-corrected chi connectivity index (χ2v) is 21.4. The molecule has 58 heavy (non-hydrogen) atoms.